The number of para-hydroxylation sites is 1. The number of hydrogen-bond donors (Lipinski definition) is 2. The minimum Gasteiger partial charge on any atom is -0.497 e. The summed E-state index contributed by atoms with van der Waals surface area (Å²) in [6.45, 7) is -0.763. The van der Waals surface area contributed by atoms with Gasteiger partial charge in [0.1, 0.15) is 11.6 Å². The fraction of sp³-hybridized carbons (Fsp3) is 0.385. The molecule has 2 aromatic carbocycles. The van der Waals surface area contributed by atoms with Crippen molar-refractivity contribution in [3.05, 3.63) is 71.4 Å². The van der Waals surface area contributed by atoms with Gasteiger partial charge >= 0.3 is 12.2 Å². The van der Waals surface area contributed by atoms with Crippen LogP contribution in [0.25, 0.3) is 5.69 Å². The van der Waals surface area contributed by atoms with Gasteiger partial charge in [-0.3, -0.25) is 10.2 Å². The first-order valence-electron chi connectivity index (χ1n) is 12.0. The number of fused-ring (bicyclic) bond motifs is 1. The van der Waals surface area contributed by atoms with E-state index in [0.29, 0.717) is 11.6 Å². The first-order valence-corrected chi connectivity index (χ1v) is 12.0. The van der Waals surface area contributed by atoms with Gasteiger partial charge in [0, 0.05) is 24.6 Å². The molecule has 5 rings (SSSR count). The summed E-state index contributed by atoms with van der Waals surface area (Å²) >= 11 is 0. The van der Waals surface area contributed by atoms with Gasteiger partial charge in [-0.05, 0) is 49.1 Å². The molecule has 2 N–H and O–H groups in total. The largest absolute Gasteiger partial charge is 0.497 e. The highest BCUT2D eigenvalue weighted by atomic mass is 19.4. The zero-order chi connectivity index (χ0) is 25.3. The number of nitrogens with zero attached hydrogens (tertiary/aromatic N) is 3. The molecule has 2 aliphatic rings. The molecular weight excluding hydrogens is 471 g/mol. The number of carbonyl (C=O) groups is 1. The topological polar surface area (TPSA) is 71.4 Å². The molecule has 0 bridgehead atoms. The smallest absolute Gasteiger partial charge is 0.401 e. The Balaban J connectivity index is 1.38. The molecule has 2 heterocycles. The molecule has 0 spiro atoms. The summed E-state index contributed by atoms with van der Waals surface area (Å²) in [5.41, 5.74) is 3.61. The number of aromatic nitrogens is 2. The van der Waals surface area contributed by atoms with Gasteiger partial charge in [-0.15, -0.1) is 0 Å². The van der Waals surface area contributed by atoms with Gasteiger partial charge < -0.3 is 10.1 Å². The molecule has 3 aromatic rings. The number of methoxy groups -OCH3 is 1. The van der Waals surface area contributed by atoms with Crippen LogP contribution in [0.3, 0.4) is 0 Å². The molecule has 1 fully saturated rings. The van der Waals surface area contributed by atoms with Gasteiger partial charge in [0.15, 0.2) is 0 Å². The molecule has 10 heteroatoms. The van der Waals surface area contributed by atoms with Crippen LogP contribution in [0.4, 0.5) is 23.8 Å². The zero-order valence-corrected chi connectivity index (χ0v) is 19.9. The van der Waals surface area contributed by atoms with Gasteiger partial charge in [-0.2, -0.15) is 18.3 Å². The highest BCUT2D eigenvalue weighted by Gasteiger charge is 2.40. The molecule has 0 saturated carbocycles. The second kappa shape index (κ2) is 9.85. The molecule has 1 aliphatic heterocycles. The van der Waals surface area contributed by atoms with Crippen molar-refractivity contribution >= 4 is 11.8 Å². The van der Waals surface area contributed by atoms with Crippen LogP contribution in [-0.4, -0.2) is 59.7 Å². The number of nitrogens with one attached hydrogen (secondary N) is 2. The van der Waals surface area contributed by atoms with E-state index in [1.807, 2.05) is 42.5 Å². The molecule has 1 aliphatic carbocycles. The van der Waals surface area contributed by atoms with E-state index in [0.717, 1.165) is 41.8 Å². The van der Waals surface area contributed by atoms with Crippen LogP contribution in [0, 0.1) is 0 Å². The summed E-state index contributed by atoms with van der Waals surface area (Å²) in [6, 6.07) is 15.8. The number of likely N-dealkylation sites (tertiary alicyclic amines) is 1. The van der Waals surface area contributed by atoms with Crippen LogP contribution in [0.15, 0.2) is 54.6 Å². The van der Waals surface area contributed by atoms with Gasteiger partial charge in [-0.25, -0.2) is 9.48 Å². The number of aryl methyl sites for hydroxylation is 1. The lowest BCUT2D eigenvalue weighted by molar-refractivity contribution is -0.143. The number of urea groups is 1. The average Bonchev–Trinajstić information content (AvgIpc) is 3.55. The number of alkyl halides is 3. The van der Waals surface area contributed by atoms with Crippen molar-refractivity contribution in [2.24, 2.45) is 0 Å². The quantitative estimate of drug-likeness (QED) is 0.523. The Bertz CT molecular complexity index is 1230. The molecule has 2 amide bonds. The van der Waals surface area contributed by atoms with Gasteiger partial charge in [0.25, 0.3) is 0 Å². The molecule has 1 aromatic heterocycles. The van der Waals surface area contributed by atoms with Crippen molar-refractivity contribution in [3.63, 3.8) is 0 Å². The number of anilines is 1. The lowest BCUT2D eigenvalue weighted by Gasteiger charge is -2.21. The van der Waals surface area contributed by atoms with E-state index in [2.05, 4.69) is 10.6 Å². The van der Waals surface area contributed by atoms with Crippen LogP contribution in [-0.2, 0) is 12.8 Å². The van der Waals surface area contributed by atoms with Crippen LogP contribution < -0.4 is 15.4 Å². The number of benzene rings is 2. The lowest BCUT2D eigenvalue weighted by Crippen LogP contribution is -2.43. The van der Waals surface area contributed by atoms with E-state index in [-0.39, 0.29) is 19.0 Å². The molecule has 2 atom stereocenters. The van der Waals surface area contributed by atoms with E-state index in [4.69, 9.17) is 9.84 Å². The Hall–Kier alpha value is -3.53. The lowest BCUT2D eigenvalue weighted by atomic mass is 9.94. The summed E-state index contributed by atoms with van der Waals surface area (Å²) in [7, 11) is 1.54. The van der Waals surface area contributed by atoms with Gasteiger partial charge in [-0.1, -0.05) is 30.3 Å². The Morgan fingerprint density at radius 2 is 1.92 bits per heavy atom. The second-order valence-electron chi connectivity index (χ2n) is 9.27. The van der Waals surface area contributed by atoms with Crippen molar-refractivity contribution in [2.75, 3.05) is 32.1 Å². The normalized spacial score (nSPS) is 19.8. The van der Waals surface area contributed by atoms with Crippen LogP contribution in [0.1, 0.15) is 29.2 Å². The maximum atomic E-state index is 13.2. The summed E-state index contributed by atoms with van der Waals surface area (Å²) in [5, 5.41) is 10.6. The zero-order valence-electron chi connectivity index (χ0n) is 19.9. The molecule has 0 radical (unpaired) electrons. The number of rotatable bonds is 6. The van der Waals surface area contributed by atoms with Crippen LogP contribution in [0.5, 0.6) is 5.75 Å². The molecule has 1 saturated heterocycles. The Morgan fingerprint density at radius 3 is 2.67 bits per heavy atom. The number of hydrogen-bond acceptors (Lipinski definition) is 4. The fourth-order valence-electron chi connectivity index (χ4n) is 5.21. The predicted molar refractivity (Wildman–Crippen MR) is 130 cm³/mol. The SMILES string of the molecule is COc1cccc([C@@H]2CN(CC(F)(F)F)CC2NC(=O)Nc2c3c(nn2-c2ccccc2)CCC3)c1. The maximum Gasteiger partial charge on any atom is 0.401 e. The van der Waals surface area contributed by atoms with Crippen molar-refractivity contribution in [1.29, 1.82) is 0 Å². The van der Waals surface area contributed by atoms with Crippen LogP contribution in [0.2, 0.25) is 0 Å². The average molecular weight is 500 g/mol. The maximum absolute atomic E-state index is 13.2. The third-order valence-corrected chi connectivity index (χ3v) is 6.78. The van der Waals surface area contributed by atoms with E-state index in [9.17, 15) is 18.0 Å². The van der Waals surface area contributed by atoms with E-state index < -0.39 is 24.8 Å². The summed E-state index contributed by atoms with van der Waals surface area (Å²) in [5.74, 6) is 0.902. The molecule has 190 valence electrons. The Labute approximate surface area is 207 Å². The van der Waals surface area contributed by atoms with E-state index in [1.54, 1.807) is 23.9 Å². The minimum absolute atomic E-state index is 0.0882. The molecule has 1 unspecified atom stereocenters. The van der Waals surface area contributed by atoms with Gasteiger partial charge in [0.05, 0.1) is 31.1 Å². The molecule has 7 nitrogen and oxygen atoms in total. The number of halogens is 3. The van der Waals surface area contributed by atoms with Crippen LogP contribution >= 0.6 is 0 Å². The molecule has 36 heavy (non-hydrogen) atoms. The third kappa shape index (κ3) is 5.18. The summed E-state index contributed by atoms with van der Waals surface area (Å²) < 4.78 is 46.5. The first-order chi connectivity index (χ1) is 17.3. The van der Waals surface area contributed by atoms with Crippen molar-refractivity contribution < 1.29 is 22.7 Å². The van der Waals surface area contributed by atoms with Crippen molar-refractivity contribution in [2.45, 2.75) is 37.4 Å². The standard InChI is InChI=1S/C26H28F3N5O2/c1-36-19-10-5-7-17(13-19)21-14-33(16-26(27,28)29)15-23(21)30-25(35)31-24-20-11-6-12-22(20)32-34(24)18-8-3-2-4-9-18/h2-5,7-10,13,21,23H,6,11-12,14-16H2,1H3,(H2,30,31,35)/t21-,23?/m0/s1. The van der Waals surface area contributed by atoms with Crippen molar-refractivity contribution in [1.82, 2.24) is 20.0 Å². The Morgan fingerprint density at radius 1 is 1.11 bits per heavy atom. The van der Waals surface area contributed by atoms with E-state index in [1.165, 1.54) is 4.90 Å². The monoisotopic (exact) mass is 499 g/mol. The fourth-order valence-corrected chi connectivity index (χ4v) is 5.21. The van der Waals surface area contributed by atoms with Gasteiger partial charge in [0.2, 0.25) is 0 Å². The third-order valence-electron chi connectivity index (χ3n) is 6.78. The van der Waals surface area contributed by atoms with Crippen molar-refractivity contribution in [3.8, 4) is 11.4 Å². The Kier molecular flexibility index (Phi) is 6.61. The number of amides is 2. The summed E-state index contributed by atoms with van der Waals surface area (Å²) in [4.78, 5) is 14.5. The highest BCUT2D eigenvalue weighted by molar-refractivity contribution is 5.90. The molecular formula is C26H28F3N5O2. The minimum atomic E-state index is -4.32. The first kappa shape index (κ1) is 24.2. The van der Waals surface area contributed by atoms with E-state index >= 15 is 0 Å². The predicted octanol–water partition coefficient (Wildman–Crippen LogP) is 4.52. The highest BCUT2D eigenvalue weighted by Crippen LogP contribution is 2.33. The summed E-state index contributed by atoms with van der Waals surface area (Å²) in [6.07, 6.45) is -1.69. The second-order valence-corrected chi connectivity index (χ2v) is 9.27. The number of ether oxygens (including phenoxy) is 1. The number of carbonyl (C=O) groups excluding carboxylic acids is 1.